The number of ether oxygens (including phenoxy) is 1. The normalized spacial score (nSPS) is 20.2. The van der Waals surface area contributed by atoms with E-state index in [1.807, 2.05) is 37.3 Å². The Balaban J connectivity index is 1.79. The van der Waals surface area contributed by atoms with Gasteiger partial charge in [-0.3, -0.25) is 14.3 Å². The molecule has 2 N–H and O–H groups in total. The Hall–Kier alpha value is -2.83. The average molecular weight is 328 g/mol. The maximum absolute atomic E-state index is 12.8. The second kappa shape index (κ2) is 6.35. The van der Waals surface area contributed by atoms with Gasteiger partial charge in [-0.25, -0.2) is 0 Å². The van der Waals surface area contributed by atoms with Gasteiger partial charge in [0.2, 0.25) is 5.91 Å². The molecule has 7 heteroatoms. The van der Waals surface area contributed by atoms with Gasteiger partial charge in [-0.1, -0.05) is 18.2 Å². The van der Waals surface area contributed by atoms with Crippen LogP contribution in [0, 0.1) is 6.92 Å². The standard InChI is InChI=1S/C17H20N4O3/c1-11-8-15(20(2)19-11)17(23)21-10-13(9-14(21)16(18)22)24-12-6-4-3-5-7-12/h3-8,13-14H,9-10H2,1-2H3,(H2,18,22)/t13-,14-/m0/s1. The van der Waals surface area contributed by atoms with Gasteiger partial charge in [0.25, 0.3) is 5.91 Å². The van der Waals surface area contributed by atoms with E-state index in [0.29, 0.717) is 24.4 Å². The Morgan fingerprint density at radius 1 is 1.29 bits per heavy atom. The van der Waals surface area contributed by atoms with Gasteiger partial charge in [-0.15, -0.1) is 0 Å². The second-order valence-electron chi connectivity index (χ2n) is 5.96. The number of para-hydroxylation sites is 1. The first-order chi connectivity index (χ1) is 11.5. The average Bonchev–Trinajstić information content (AvgIpc) is 3.11. The maximum Gasteiger partial charge on any atom is 0.272 e. The van der Waals surface area contributed by atoms with Crippen LogP contribution in [0.4, 0.5) is 0 Å². The molecule has 3 rings (SSSR count). The number of rotatable bonds is 4. The van der Waals surface area contributed by atoms with E-state index < -0.39 is 11.9 Å². The van der Waals surface area contributed by atoms with E-state index in [0.717, 1.165) is 5.69 Å². The third-order valence-corrected chi connectivity index (χ3v) is 4.12. The zero-order valence-corrected chi connectivity index (χ0v) is 13.7. The van der Waals surface area contributed by atoms with Crippen molar-refractivity contribution in [3.05, 3.63) is 47.8 Å². The van der Waals surface area contributed by atoms with E-state index in [1.54, 1.807) is 13.1 Å². The summed E-state index contributed by atoms with van der Waals surface area (Å²) in [5, 5.41) is 4.18. The Kier molecular flexibility index (Phi) is 4.24. The van der Waals surface area contributed by atoms with Gasteiger partial charge in [0.15, 0.2) is 0 Å². The van der Waals surface area contributed by atoms with Gasteiger partial charge in [0.05, 0.1) is 12.2 Å². The number of carbonyl (C=O) groups is 2. The van der Waals surface area contributed by atoms with Crippen LogP contribution in [0.25, 0.3) is 0 Å². The minimum absolute atomic E-state index is 0.263. The van der Waals surface area contributed by atoms with E-state index in [2.05, 4.69) is 5.10 Å². The first kappa shape index (κ1) is 16.0. The molecule has 0 saturated carbocycles. The maximum atomic E-state index is 12.8. The summed E-state index contributed by atoms with van der Waals surface area (Å²) in [5.74, 6) is -0.0844. The van der Waals surface area contributed by atoms with E-state index in [-0.39, 0.29) is 12.0 Å². The van der Waals surface area contributed by atoms with E-state index in [1.165, 1.54) is 9.58 Å². The molecule has 2 amide bonds. The molecule has 2 heterocycles. The van der Waals surface area contributed by atoms with Gasteiger partial charge in [0, 0.05) is 13.5 Å². The molecule has 1 saturated heterocycles. The number of nitrogens with zero attached hydrogens (tertiary/aromatic N) is 3. The van der Waals surface area contributed by atoms with Crippen LogP contribution in [0.2, 0.25) is 0 Å². The number of likely N-dealkylation sites (tertiary alicyclic amines) is 1. The smallest absolute Gasteiger partial charge is 0.272 e. The summed E-state index contributed by atoms with van der Waals surface area (Å²) in [6.45, 7) is 2.12. The highest BCUT2D eigenvalue weighted by molar-refractivity contribution is 5.96. The predicted molar refractivity (Wildman–Crippen MR) is 87.4 cm³/mol. The molecule has 0 unspecified atom stereocenters. The molecule has 0 aliphatic carbocycles. The van der Waals surface area contributed by atoms with Crippen LogP contribution >= 0.6 is 0 Å². The van der Waals surface area contributed by atoms with Crippen LogP contribution in [0.5, 0.6) is 5.75 Å². The minimum Gasteiger partial charge on any atom is -0.488 e. The number of benzene rings is 1. The molecule has 1 aliphatic heterocycles. The van der Waals surface area contributed by atoms with Crippen LogP contribution in [0.1, 0.15) is 22.6 Å². The third-order valence-electron chi connectivity index (χ3n) is 4.12. The molecular weight excluding hydrogens is 308 g/mol. The molecular formula is C17H20N4O3. The minimum atomic E-state index is -0.679. The lowest BCUT2D eigenvalue weighted by Gasteiger charge is -2.21. The second-order valence-corrected chi connectivity index (χ2v) is 5.96. The molecule has 1 fully saturated rings. The zero-order chi connectivity index (χ0) is 17.3. The number of nitrogens with two attached hydrogens (primary N) is 1. The summed E-state index contributed by atoms with van der Waals surface area (Å²) >= 11 is 0. The van der Waals surface area contributed by atoms with E-state index >= 15 is 0 Å². The number of primary amides is 1. The summed E-state index contributed by atoms with van der Waals surface area (Å²) in [6.07, 6.45) is 0.107. The van der Waals surface area contributed by atoms with Crippen LogP contribution in [0.3, 0.4) is 0 Å². The number of aromatic nitrogens is 2. The van der Waals surface area contributed by atoms with E-state index in [9.17, 15) is 9.59 Å². The van der Waals surface area contributed by atoms with Crippen molar-refractivity contribution in [1.29, 1.82) is 0 Å². The van der Waals surface area contributed by atoms with Crippen LogP contribution in [-0.4, -0.2) is 45.2 Å². The number of hydrogen-bond donors (Lipinski definition) is 1. The lowest BCUT2D eigenvalue weighted by Crippen LogP contribution is -2.44. The van der Waals surface area contributed by atoms with Crippen molar-refractivity contribution in [2.75, 3.05) is 6.54 Å². The lowest BCUT2D eigenvalue weighted by atomic mass is 10.2. The van der Waals surface area contributed by atoms with Crippen molar-refractivity contribution >= 4 is 11.8 Å². The zero-order valence-electron chi connectivity index (χ0n) is 13.7. The molecule has 24 heavy (non-hydrogen) atoms. The molecule has 0 radical (unpaired) electrons. The Morgan fingerprint density at radius 2 is 2.00 bits per heavy atom. The monoisotopic (exact) mass is 328 g/mol. The van der Waals surface area contributed by atoms with Crippen molar-refractivity contribution in [2.45, 2.75) is 25.5 Å². The summed E-state index contributed by atoms with van der Waals surface area (Å²) in [4.78, 5) is 26.1. The van der Waals surface area contributed by atoms with Crippen molar-refractivity contribution in [3.8, 4) is 5.75 Å². The van der Waals surface area contributed by atoms with Gasteiger partial charge < -0.3 is 15.4 Å². The number of carbonyl (C=O) groups excluding carboxylic acids is 2. The number of hydrogen-bond acceptors (Lipinski definition) is 4. The fourth-order valence-corrected chi connectivity index (χ4v) is 3.03. The van der Waals surface area contributed by atoms with Gasteiger partial charge in [-0.2, -0.15) is 5.10 Å². The van der Waals surface area contributed by atoms with E-state index in [4.69, 9.17) is 10.5 Å². The highest BCUT2D eigenvalue weighted by Gasteiger charge is 2.40. The summed E-state index contributed by atoms with van der Waals surface area (Å²) in [6, 6.07) is 10.3. The highest BCUT2D eigenvalue weighted by atomic mass is 16.5. The number of amides is 2. The molecule has 1 aliphatic rings. The molecule has 0 spiro atoms. The van der Waals surface area contributed by atoms with Crippen molar-refractivity contribution < 1.29 is 14.3 Å². The van der Waals surface area contributed by atoms with Crippen molar-refractivity contribution in [2.24, 2.45) is 12.8 Å². The fraction of sp³-hybridized carbons (Fsp3) is 0.353. The summed E-state index contributed by atoms with van der Waals surface area (Å²) in [7, 11) is 1.70. The van der Waals surface area contributed by atoms with Gasteiger partial charge in [0.1, 0.15) is 23.6 Å². The SMILES string of the molecule is Cc1cc(C(=O)N2C[C@@H](Oc3ccccc3)C[C@H]2C(N)=O)n(C)n1. The van der Waals surface area contributed by atoms with Crippen molar-refractivity contribution in [1.82, 2.24) is 14.7 Å². The Labute approximate surface area is 140 Å². The first-order valence-corrected chi connectivity index (χ1v) is 7.78. The largest absolute Gasteiger partial charge is 0.488 e. The first-order valence-electron chi connectivity index (χ1n) is 7.78. The highest BCUT2D eigenvalue weighted by Crippen LogP contribution is 2.24. The van der Waals surface area contributed by atoms with Crippen LogP contribution in [-0.2, 0) is 11.8 Å². The van der Waals surface area contributed by atoms with Gasteiger partial charge >= 0.3 is 0 Å². The Morgan fingerprint density at radius 3 is 2.58 bits per heavy atom. The molecule has 7 nitrogen and oxygen atoms in total. The third kappa shape index (κ3) is 3.10. The molecule has 1 aromatic heterocycles. The lowest BCUT2D eigenvalue weighted by molar-refractivity contribution is -0.121. The molecule has 0 bridgehead atoms. The van der Waals surface area contributed by atoms with Crippen LogP contribution in [0.15, 0.2) is 36.4 Å². The Bertz CT molecular complexity index is 756. The predicted octanol–water partition coefficient (Wildman–Crippen LogP) is 0.876. The molecule has 1 aromatic carbocycles. The van der Waals surface area contributed by atoms with Crippen LogP contribution < -0.4 is 10.5 Å². The quantitative estimate of drug-likeness (QED) is 0.902. The fourth-order valence-electron chi connectivity index (χ4n) is 3.03. The topological polar surface area (TPSA) is 90.5 Å². The molecule has 2 aromatic rings. The van der Waals surface area contributed by atoms with Gasteiger partial charge in [-0.05, 0) is 25.1 Å². The summed E-state index contributed by atoms with van der Waals surface area (Å²) < 4.78 is 7.40. The number of aryl methyl sites for hydroxylation is 2. The van der Waals surface area contributed by atoms with Crippen molar-refractivity contribution in [3.63, 3.8) is 0 Å². The molecule has 2 atom stereocenters. The summed E-state index contributed by atoms with van der Waals surface area (Å²) in [5.41, 5.74) is 6.67. The molecule has 126 valence electrons.